The van der Waals surface area contributed by atoms with E-state index >= 15 is 0 Å². The quantitative estimate of drug-likeness (QED) is 0.110. The number of H-pyrrole nitrogens is 1. The number of carbonyl (C=O) groups is 4. The summed E-state index contributed by atoms with van der Waals surface area (Å²) in [5.74, 6) is -0.597. The van der Waals surface area contributed by atoms with Crippen molar-refractivity contribution in [3.63, 3.8) is 0 Å². The minimum Gasteiger partial charge on any atom is -0.502 e. The molecular weight excluding hydrogens is 791 g/mol. The van der Waals surface area contributed by atoms with Crippen molar-refractivity contribution >= 4 is 53.0 Å². The Morgan fingerprint density at radius 3 is 1.87 bits per heavy atom. The summed E-state index contributed by atoms with van der Waals surface area (Å²) in [5.41, 5.74) is 17.8. The first-order valence-corrected chi connectivity index (χ1v) is 21.8. The molecular formula is C50H51BN6O6. The molecule has 63 heavy (non-hydrogen) atoms. The standard InChI is InChI=1S/C50H51BN6O6/c52-31-33-7-4-9-37(25-33)35-17-21-56(22-18-35)47(59)39-11-6-14-43(28-39)54-46(58)30-50(42-12-2-1-3-13-42)49(61)62-51(63-50)45-29-41-27-40(15-16-44(41)55-45)48(60)57-23-19-36(20-24-57)38-10-5-8-34(26-38)32-53/h1-16,25-29,35-36,55H,17-24,30-32,52-53H2,(H,54,58)/t50-/m0/s1. The van der Waals surface area contributed by atoms with Gasteiger partial charge in [-0.3, -0.25) is 19.2 Å². The molecule has 3 aliphatic heterocycles. The lowest BCUT2D eigenvalue weighted by atomic mass is 9.83. The summed E-state index contributed by atoms with van der Waals surface area (Å²) in [6.07, 6.45) is 3.07. The van der Waals surface area contributed by atoms with E-state index in [1.54, 1.807) is 54.6 Å². The lowest BCUT2D eigenvalue weighted by molar-refractivity contribution is -0.146. The summed E-state index contributed by atoms with van der Waals surface area (Å²) in [4.78, 5) is 62.3. The van der Waals surface area contributed by atoms with Crippen LogP contribution in [0.4, 0.5) is 5.69 Å². The highest BCUT2D eigenvalue weighted by atomic mass is 16.7. The third kappa shape index (κ3) is 8.77. The zero-order valence-corrected chi connectivity index (χ0v) is 35.1. The van der Waals surface area contributed by atoms with E-state index in [1.165, 1.54) is 11.1 Å². The van der Waals surface area contributed by atoms with Gasteiger partial charge >= 0.3 is 13.1 Å². The highest BCUT2D eigenvalue weighted by Crippen LogP contribution is 2.38. The number of hydrogen-bond donors (Lipinski definition) is 4. The maximum absolute atomic E-state index is 14.0. The Morgan fingerprint density at radius 1 is 0.683 bits per heavy atom. The molecule has 0 aliphatic carbocycles. The van der Waals surface area contributed by atoms with Crippen LogP contribution >= 0.6 is 0 Å². The minimum atomic E-state index is -1.76. The van der Waals surface area contributed by atoms with Gasteiger partial charge in [-0.15, -0.1) is 0 Å². The van der Waals surface area contributed by atoms with Crippen LogP contribution in [0, 0.1) is 0 Å². The molecule has 3 aliphatic rings. The zero-order chi connectivity index (χ0) is 43.5. The number of nitrogens with one attached hydrogen (secondary N) is 2. The van der Waals surface area contributed by atoms with Crippen molar-refractivity contribution in [1.29, 1.82) is 0 Å². The molecule has 3 fully saturated rings. The first kappa shape index (κ1) is 41.8. The van der Waals surface area contributed by atoms with Crippen LogP contribution in [0.25, 0.3) is 10.9 Å². The van der Waals surface area contributed by atoms with Gasteiger partial charge in [0, 0.05) is 61.6 Å². The van der Waals surface area contributed by atoms with E-state index in [0.29, 0.717) is 79.1 Å². The first-order chi connectivity index (χ1) is 30.7. The maximum atomic E-state index is 14.0. The first-order valence-electron chi connectivity index (χ1n) is 21.8. The molecule has 4 heterocycles. The van der Waals surface area contributed by atoms with Crippen LogP contribution in [0.2, 0.25) is 0 Å². The number of piperidine rings is 2. The second kappa shape index (κ2) is 18.1. The molecule has 1 atom stereocenters. The smallest absolute Gasteiger partial charge is 0.502 e. The lowest BCUT2D eigenvalue weighted by Gasteiger charge is -2.32. The lowest BCUT2D eigenvalue weighted by Crippen LogP contribution is -2.40. The topological polar surface area (TPSA) is 173 Å². The molecule has 0 bridgehead atoms. The Balaban J connectivity index is 0.857. The molecule has 5 aromatic carbocycles. The van der Waals surface area contributed by atoms with Crippen LogP contribution in [0.3, 0.4) is 0 Å². The van der Waals surface area contributed by atoms with Crippen LogP contribution < -0.4 is 22.4 Å². The van der Waals surface area contributed by atoms with Gasteiger partial charge in [-0.25, -0.2) is 0 Å². The number of fused-ring (bicyclic) bond motifs is 1. The van der Waals surface area contributed by atoms with Crippen LogP contribution in [0.1, 0.15) is 92.5 Å². The number of benzene rings is 5. The highest BCUT2D eigenvalue weighted by molar-refractivity contribution is 6.64. The van der Waals surface area contributed by atoms with Crippen molar-refractivity contribution in [1.82, 2.24) is 14.8 Å². The summed E-state index contributed by atoms with van der Waals surface area (Å²) < 4.78 is 12.4. The minimum absolute atomic E-state index is 0.0354. The Hall–Kier alpha value is -6.54. The molecule has 3 saturated heterocycles. The largest absolute Gasteiger partial charge is 0.583 e. The molecule has 6 aromatic rings. The van der Waals surface area contributed by atoms with Crippen LogP contribution in [-0.2, 0) is 37.6 Å². The van der Waals surface area contributed by atoms with Crippen molar-refractivity contribution in [2.45, 2.75) is 62.6 Å². The molecule has 0 spiro atoms. The van der Waals surface area contributed by atoms with Gasteiger partial charge in [0.25, 0.3) is 11.8 Å². The van der Waals surface area contributed by atoms with E-state index in [9.17, 15) is 19.2 Å². The summed E-state index contributed by atoms with van der Waals surface area (Å²) in [7, 11) is -1.15. The van der Waals surface area contributed by atoms with Gasteiger partial charge in [-0.1, -0.05) is 84.9 Å². The normalized spacial score (nSPS) is 18.4. The number of aromatic amines is 1. The monoisotopic (exact) mass is 842 g/mol. The SMILES string of the molecule is NCc1cccc(C2CCN(C(=O)c3cccc(NC(=O)C[C@@]4(c5ccccc5)OB(c5cc6cc(C(=O)N7CCC(c8cccc(CN)c8)CC7)ccc6[nH]5)OC4=O)c3)CC2)c1. The van der Waals surface area contributed by atoms with Crippen LogP contribution in [0.5, 0.6) is 0 Å². The second-order valence-electron chi connectivity index (χ2n) is 16.9. The molecule has 0 saturated carbocycles. The average Bonchev–Trinajstić information content (AvgIpc) is 3.92. The fourth-order valence-corrected chi connectivity index (χ4v) is 9.40. The van der Waals surface area contributed by atoms with Gasteiger partial charge in [-0.05, 0) is 113 Å². The summed E-state index contributed by atoms with van der Waals surface area (Å²) in [6, 6.07) is 39.7. The van der Waals surface area contributed by atoms with Gasteiger partial charge in [0.05, 0.1) is 12.0 Å². The predicted octanol–water partition coefficient (Wildman–Crippen LogP) is 6.32. The van der Waals surface area contributed by atoms with Crippen molar-refractivity contribution in [2.75, 3.05) is 31.5 Å². The highest BCUT2D eigenvalue weighted by Gasteiger charge is 2.56. The number of nitrogens with two attached hydrogens (primary N) is 2. The second-order valence-corrected chi connectivity index (χ2v) is 16.9. The van der Waals surface area contributed by atoms with E-state index in [2.05, 4.69) is 34.6 Å². The van der Waals surface area contributed by atoms with Gasteiger partial charge in [0.15, 0.2) is 5.60 Å². The summed E-state index contributed by atoms with van der Waals surface area (Å²) in [5, 5.41) is 3.66. The third-order valence-electron chi connectivity index (χ3n) is 12.9. The maximum Gasteiger partial charge on any atom is 0.583 e. The molecule has 320 valence electrons. The predicted molar refractivity (Wildman–Crippen MR) is 243 cm³/mol. The Bertz CT molecular complexity index is 2650. The zero-order valence-electron chi connectivity index (χ0n) is 35.1. The Labute approximate surface area is 367 Å². The van der Waals surface area contributed by atoms with Crippen molar-refractivity contribution in [2.24, 2.45) is 11.5 Å². The molecule has 12 nitrogen and oxygen atoms in total. The van der Waals surface area contributed by atoms with Gasteiger partial charge < -0.3 is 40.9 Å². The molecule has 0 radical (unpaired) electrons. The summed E-state index contributed by atoms with van der Waals surface area (Å²) in [6.45, 7) is 3.55. The molecule has 9 rings (SSSR count). The Morgan fingerprint density at radius 2 is 1.27 bits per heavy atom. The number of carbonyl (C=O) groups excluding carboxylic acids is 4. The molecule has 6 N–H and O–H groups in total. The van der Waals surface area contributed by atoms with Crippen molar-refractivity contribution < 1.29 is 28.5 Å². The van der Waals surface area contributed by atoms with Crippen molar-refractivity contribution in [3.05, 3.63) is 166 Å². The fourth-order valence-electron chi connectivity index (χ4n) is 9.40. The number of rotatable bonds is 11. The number of nitrogens with zero attached hydrogens (tertiary/aromatic N) is 2. The van der Waals surface area contributed by atoms with E-state index < -0.39 is 24.6 Å². The van der Waals surface area contributed by atoms with E-state index in [0.717, 1.165) is 47.7 Å². The van der Waals surface area contributed by atoms with Gasteiger partial charge in [0.1, 0.15) is 0 Å². The number of hydrogen-bond acceptors (Lipinski definition) is 8. The van der Waals surface area contributed by atoms with Crippen LogP contribution in [0.15, 0.2) is 127 Å². The van der Waals surface area contributed by atoms with E-state index in [-0.39, 0.29) is 18.2 Å². The molecule has 13 heteroatoms. The third-order valence-corrected chi connectivity index (χ3v) is 12.9. The van der Waals surface area contributed by atoms with Gasteiger partial charge in [0.2, 0.25) is 5.91 Å². The number of likely N-dealkylation sites (tertiary alicyclic amines) is 2. The van der Waals surface area contributed by atoms with E-state index in [4.69, 9.17) is 20.8 Å². The van der Waals surface area contributed by atoms with Crippen molar-refractivity contribution in [3.8, 4) is 0 Å². The van der Waals surface area contributed by atoms with Crippen LogP contribution in [-0.4, -0.2) is 71.8 Å². The number of aromatic nitrogens is 1. The number of anilines is 1. The average molecular weight is 843 g/mol. The Kier molecular flexibility index (Phi) is 12.0. The fraction of sp³-hybridized carbons (Fsp3) is 0.280. The number of amides is 3. The molecule has 3 amide bonds. The van der Waals surface area contributed by atoms with Gasteiger partial charge in [-0.2, -0.15) is 0 Å². The molecule has 0 unspecified atom stereocenters. The molecule has 1 aromatic heterocycles. The summed E-state index contributed by atoms with van der Waals surface area (Å²) >= 11 is 0. The van der Waals surface area contributed by atoms with E-state index in [1.807, 2.05) is 58.3 Å².